The Balaban J connectivity index is 1.30. The molecule has 2 aliphatic heterocycles. The van der Waals surface area contributed by atoms with Gasteiger partial charge in [-0.2, -0.15) is 0 Å². The van der Waals surface area contributed by atoms with Gasteiger partial charge in [-0.1, -0.05) is 0 Å². The molecular formula is C13H17O4. The van der Waals surface area contributed by atoms with Crippen LogP contribution >= 0.6 is 0 Å². The Morgan fingerprint density at radius 2 is 1.88 bits per heavy atom. The fourth-order valence-corrected chi connectivity index (χ4v) is 3.17. The number of ether oxygens (including phenoxy) is 3. The van der Waals surface area contributed by atoms with Gasteiger partial charge in [0.1, 0.15) is 6.10 Å². The Bertz CT molecular complexity index is 342. The van der Waals surface area contributed by atoms with Gasteiger partial charge in [-0.3, -0.25) is 4.79 Å². The molecule has 1 radical (unpaired) electrons. The van der Waals surface area contributed by atoms with Crippen molar-refractivity contribution >= 4 is 5.97 Å². The summed E-state index contributed by atoms with van der Waals surface area (Å²) in [6, 6.07) is 0. The van der Waals surface area contributed by atoms with Gasteiger partial charge in [0.25, 0.3) is 0 Å². The Kier molecular flexibility index (Phi) is 2.24. The van der Waals surface area contributed by atoms with Gasteiger partial charge in [0.15, 0.2) is 0 Å². The van der Waals surface area contributed by atoms with Crippen LogP contribution in [0.15, 0.2) is 0 Å². The third-order valence-corrected chi connectivity index (χ3v) is 4.38. The maximum atomic E-state index is 12.0. The van der Waals surface area contributed by atoms with Crippen molar-refractivity contribution in [2.24, 2.45) is 0 Å². The summed E-state index contributed by atoms with van der Waals surface area (Å²) in [4.78, 5) is 12.0. The largest absolute Gasteiger partial charge is 0.462 e. The number of carbonyl (C=O) groups is 1. The lowest BCUT2D eigenvalue weighted by atomic mass is 9.89. The summed E-state index contributed by atoms with van der Waals surface area (Å²) in [5.74, 6) is 0.852. The monoisotopic (exact) mass is 237 g/mol. The molecule has 17 heavy (non-hydrogen) atoms. The van der Waals surface area contributed by atoms with Crippen LogP contribution in [0.1, 0.15) is 38.5 Å². The van der Waals surface area contributed by atoms with Gasteiger partial charge in [0.05, 0.1) is 30.3 Å². The van der Waals surface area contributed by atoms with E-state index in [-0.39, 0.29) is 12.1 Å². The number of carbonyl (C=O) groups excluding carboxylic acids is 1. The first-order valence-corrected chi connectivity index (χ1v) is 6.66. The van der Waals surface area contributed by atoms with E-state index in [2.05, 4.69) is 0 Å². The maximum absolute atomic E-state index is 12.0. The molecule has 5 atom stereocenters. The number of hydrogen-bond acceptors (Lipinski definition) is 4. The number of hydrogen-bond donors (Lipinski definition) is 0. The van der Waals surface area contributed by atoms with Gasteiger partial charge in [0, 0.05) is 6.42 Å². The lowest BCUT2D eigenvalue weighted by Gasteiger charge is -2.23. The third kappa shape index (κ3) is 1.97. The smallest absolute Gasteiger partial charge is 0.313 e. The van der Waals surface area contributed by atoms with Crippen LogP contribution in [0.25, 0.3) is 0 Å². The highest BCUT2D eigenvalue weighted by atomic mass is 16.6. The van der Waals surface area contributed by atoms with Crippen molar-refractivity contribution in [2.45, 2.75) is 69.0 Å². The van der Waals surface area contributed by atoms with Crippen molar-refractivity contribution < 1.29 is 19.0 Å². The minimum Gasteiger partial charge on any atom is -0.462 e. The van der Waals surface area contributed by atoms with E-state index in [1.54, 1.807) is 0 Å². The number of esters is 1. The second kappa shape index (κ2) is 3.69. The van der Waals surface area contributed by atoms with Crippen LogP contribution < -0.4 is 0 Å². The molecule has 0 aromatic heterocycles. The number of fused-ring (bicyclic) bond motifs is 2. The van der Waals surface area contributed by atoms with E-state index in [1.807, 2.05) is 0 Å². The Labute approximate surface area is 101 Å². The van der Waals surface area contributed by atoms with Crippen LogP contribution in [0.3, 0.4) is 0 Å². The molecule has 2 heterocycles. The van der Waals surface area contributed by atoms with Crippen LogP contribution in [0.4, 0.5) is 0 Å². The summed E-state index contributed by atoms with van der Waals surface area (Å²) >= 11 is 0. The SMILES string of the molecule is O=C(OC1CCC2OC2C1)[C]1CCC2OC2C1. The van der Waals surface area contributed by atoms with E-state index in [9.17, 15) is 4.79 Å². The quantitative estimate of drug-likeness (QED) is 0.537. The highest BCUT2D eigenvalue weighted by molar-refractivity contribution is 5.85. The minimum atomic E-state index is -0.0805. The lowest BCUT2D eigenvalue weighted by Crippen LogP contribution is -2.29. The molecule has 4 fully saturated rings. The third-order valence-electron chi connectivity index (χ3n) is 4.38. The van der Waals surface area contributed by atoms with E-state index in [0.29, 0.717) is 24.4 Å². The van der Waals surface area contributed by atoms with Gasteiger partial charge < -0.3 is 14.2 Å². The molecule has 0 aromatic rings. The van der Waals surface area contributed by atoms with Gasteiger partial charge in [0.2, 0.25) is 0 Å². The van der Waals surface area contributed by atoms with Crippen molar-refractivity contribution in [3.63, 3.8) is 0 Å². The Hall–Kier alpha value is -0.610. The first-order valence-electron chi connectivity index (χ1n) is 6.66. The van der Waals surface area contributed by atoms with E-state index in [0.717, 1.165) is 44.4 Å². The standard InChI is InChI=1S/C13H17O4/c14-13(7-1-3-9-11(5-7)16-9)15-8-2-4-10-12(6-8)17-10/h8-12H,1-6H2. The summed E-state index contributed by atoms with van der Waals surface area (Å²) < 4.78 is 16.4. The molecule has 4 rings (SSSR count). The lowest BCUT2D eigenvalue weighted by molar-refractivity contribution is -0.148. The molecule has 0 aromatic carbocycles. The predicted octanol–water partition coefficient (Wildman–Crippen LogP) is 1.38. The van der Waals surface area contributed by atoms with Crippen molar-refractivity contribution in [1.29, 1.82) is 0 Å². The minimum absolute atomic E-state index is 0.0802. The molecule has 4 heteroatoms. The molecule has 2 aliphatic carbocycles. The second-order valence-electron chi connectivity index (χ2n) is 5.61. The molecule has 2 saturated carbocycles. The molecule has 0 N–H and O–H groups in total. The van der Waals surface area contributed by atoms with Crippen molar-refractivity contribution in [3.8, 4) is 0 Å². The molecule has 0 spiro atoms. The van der Waals surface area contributed by atoms with Crippen LogP contribution in [-0.4, -0.2) is 36.5 Å². The molecule has 4 nitrogen and oxygen atoms in total. The highest BCUT2D eigenvalue weighted by Crippen LogP contribution is 2.42. The van der Waals surface area contributed by atoms with Crippen LogP contribution in [0.2, 0.25) is 0 Å². The Morgan fingerprint density at radius 3 is 2.71 bits per heavy atom. The van der Waals surface area contributed by atoms with Crippen molar-refractivity contribution in [2.75, 3.05) is 0 Å². The van der Waals surface area contributed by atoms with Crippen LogP contribution in [-0.2, 0) is 19.0 Å². The summed E-state index contributed by atoms with van der Waals surface area (Å²) in [7, 11) is 0. The fourth-order valence-electron chi connectivity index (χ4n) is 3.17. The Morgan fingerprint density at radius 1 is 1.06 bits per heavy atom. The van der Waals surface area contributed by atoms with Crippen LogP contribution in [0.5, 0.6) is 0 Å². The second-order valence-corrected chi connectivity index (χ2v) is 5.61. The molecule has 93 valence electrons. The maximum Gasteiger partial charge on any atom is 0.313 e. The zero-order chi connectivity index (χ0) is 11.4. The fraction of sp³-hybridized carbons (Fsp3) is 0.846. The first-order chi connectivity index (χ1) is 8.29. The van der Waals surface area contributed by atoms with Gasteiger partial charge in [-0.15, -0.1) is 0 Å². The average molecular weight is 237 g/mol. The zero-order valence-electron chi connectivity index (χ0n) is 9.76. The number of epoxide rings is 2. The van der Waals surface area contributed by atoms with Gasteiger partial charge >= 0.3 is 5.97 Å². The molecule has 0 amide bonds. The van der Waals surface area contributed by atoms with E-state index < -0.39 is 0 Å². The average Bonchev–Trinajstić information content (AvgIpc) is 3.22. The highest BCUT2D eigenvalue weighted by Gasteiger charge is 2.48. The van der Waals surface area contributed by atoms with Gasteiger partial charge in [-0.05, 0) is 32.1 Å². The first kappa shape index (κ1) is 10.3. The van der Waals surface area contributed by atoms with E-state index >= 15 is 0 Å². The van der Waals surface area contributed by atoms with Crippen LogP contribution in [0, 0.1) is 5.92 Å². The molecule has 4 aliphatic rings. The zero-order valence-corrected chi connectivity index (χ0v) is 9.76. The molecule has 5 unspecified atom stereocenters. The van der Waals surface area contributed by atoms with E-state index in [1.165, 1.54) is 0 Å². The summed E-state index contributed by atoms with van der Waals surface area (Å²) in [6.45, 7) is 0. The normalized spacial score (nSPS) is 47.9. The molecular weight excluding hydrogens is 220 g/mol. The van der Waals surface area contributed by atoms with Gasteiger partial charge in [-0.25, -0.2) is 0 Å². The van der Waals surface area contributed by atoms with E-state index in [4.69, 9.17) is 14.2 Å². The van der Waals surface area contributed by atoms with Crippen molar-refractivity contribution in [3.05, 3.63) is 5.92 Å². The summed E-state index contributed by atoms with van der Waals surface area (Å²) in [6.07, 6.45) is 7.21. The molecule has 2 saturated heterocycles. The van der Waals surface area contributed by atoms with Crippen molar-refractivity contribution in [1.82, 2.24) is 0 Å². The number of rotatable bonds is 2. The summed E-state index contributed by atoms with van der Waals surface area (Å²) in [5.41, 5.74) is 0. The topological polar surface area (TPSA) is 51.4 Å². The predicted molar refractivity (Wildman–Crippen MR) is 58.1 cm³/mol. The molecule has 0 bridgehead atoms. The summed E-state index contributed by atoms with van der Waals surface area (Å²) in [5, 5.41) is 0.